The van der Waals surface area contributed by atoms with Crippen LogP contribution in [-0.4, -0.2) is 5.11 Å². The molecule has 1 aromatic carbocycles. The average Bonchev–Trinajstić information content (AvgIpc) is 2.03. The minimum atomic E-state index is 0.179. The van der Waals surface area contributed by atoms with Gasteiger partial charge in [-0.2, -0.15) is 0 Å². The van der Waals surface area contributed by atoms with Crippen molar-refractivity contribution < 1.29 is 0 Å². The summed E-state index contributed by atoms with van der Waals surface area (Å²) in [7, 11) is 0. The summed E-state index contributed by atoms with van der Waals surface area (Å²) < 4.78 is 0. The normalized spacial score (nSPS) is 12.2. The van der Waals surface area contributed by atoms with Crippen molar-refractivity contribution in [2.75, 3.05) is 0 Å². The molecule has 1 rings (SSSR count). The summed E-state index contributed by atoms with van der Waals surface area (Å²) in [5, 5.41) is 3.35. The molecule has 0 heterocycles. The van der Waals surface area contributed by atoms with Crippen LogP contribution in [0.15, 0.2) is 24.3 Å². The average molecular weight is 194 g/mol. The highest BCUT2D eigenvalue weighted by atomic mass is 32.1. The van der Waals surface area contributed by atoms with Crippen molar-refractivity contribution >= 4 is 17.3 Å². The molecule has 0 aliphatic heterocycles. The predicted octanol–water partition coefficient (Wildman–Crippen LogP) is 1.89. The molecule has 1 atom stereocenters. The number of rotatable bonds is 2. The first-order chi connectivity index (χ1) is 6.11. The zero-order valence-electron chi connectivity index (χ0n) is 7.87. The highest BCUT2D eigenvalue weighted by molar-refractivity contribution is 7.80. The number of nitrogens with one attached hydrogen (secondary N) is 1. The third kappa shape index (κ3) is 2.70. The number of nitrogens with two attached hydrogens (primary N) is 1. The predicted molar refractivity (Wildman–Crippen MR) is 59.5 cm³/mol. The van der Waals surface area contributed by atoms with Crippen LogP contribution in [0.1, 0.15) is 24.1 Å². The van der Waals surface area contributed by atoms with Crippen LogP contribution in [0, 0.1) is 6.92 Å². The van der Waals surface area contributed by atoms with E-state index in [2.05, 4.69) is 24.4 Å². The van der Waals surface area contributed by atoms with Gasteiger partial charge in [-0.05, 0) is 37.2 Å². The molecule has 13 heavy (non-hydrogen) atoms. The Morgan fingerprint density at radius 2 is 2.08 bits per heavy atom. The largest absolute Gasteiger partial charge is 0.376 e. The van der Waals surface area contributed by atoms with E-state index >= 15 is 0 Å². The zero-order valence-corrected chi connectivity index (χ0v) is 8.69. The van der Waals surface area contributed by atoms with Crippen LogP contribution in [0.4, 0.5) is 0 Å². The fourth-order valence-corrected chi connectivity index (χ4v) is 1.54. The summed E-state index contributed by atoms with van der Waals surface area (Å²) in [6, 6.07) is 8.36. The molecule has 1 aromatic rings. The maximum Gasteiger partial charge on any atom is 0.164 e. The molecule has 0 saturated heterocycles. The molecule has 0 bridgehead atoms. The number of aryl methyl sites for hydroxylation is 1. The second-order valence-electron chi connectivity index (χ2n) is 3.09. The van der Waals surface area contributed by atoms with Gasteiger partial charge in [-0.3, -0.25) is 0 Å². The standard InChI is InChI=1S/C10H14N2S/c1-7-5-3-4-6-9(7)8(2)12-10(11)13/h3-6,8H,1-2H3,(H3,11,12,13). The summed E-state index contributed by atoms with van der Waals surface area (Å²) in [4.78, 5) is 0. The van der Waals surface area contributed by atoms with E-state index in [0.29, 0.717) is 5.11 Å². The van der Waals surface area contributed by atoms with Gasteiger partial charge in [0.2, 0.25) is 0 Å². The van der Waals surface area contributed by atoms with E-state index in [1.54, 1.807) is 0 Å². The van der Waals surface area contributed by atoms with E-state index in [-0.39, 0.29) is 6.04 Å². The first-order valence-electron chi connectivity index (χ1n) is 4.22. The van der Waals surface area contributed by atoms with Crippen molar-refractivity contribution in [3.63, 3.8) is 0 Å². The smallest absolute Gasteiger partial charge is 0.164 e. The molecule has 0 saturated carbocycles. The Balaban J connectivity index is 2.82. The van der Waals surface area contributed by atoms with Crippen LogP contribution in [-0.2, 0) is 0 Å². The third-order valence-electron chi connectivity index (χ3n) is 2.01. The Bertz CT molecular complexity index is 310. The molecule has 1 unspecified atom stereocenters. The lowest BCUT2D eigenvalue weighted by molar-refractivity contribution is 0.714. The minimum Gasteiger partial charge on any atom is -0.376 e. The third-order valence-corrected chi connectivity index (χ3v) is 2.13. The molecule has 70 valence electrons. The van der Waals surface area contributed by atoms with Gasteiger partial charge in [0.15, 0.2) is 5.11 Å². The molecule has 0 aliphatic carbocycles. The Labute approximate surface area is 84.1 Å². The molecular formula is C10H14N2S. The van der Waals surface area contributed by atoms with Crippen molar-refractivity contribution in [1.82, 2.24) is 5.32 Å². The Kier molecular flexibility index (Phi) is 3.25. The Morgan fingerprint density at radius 3 is 2.62 bits per heavy atom. The van der Waals surface area contributed by atoms with Crippen molar-refractivity contribution in [1.29, 1.82) is 0 Å². The Hall–Kier alpha value is -1.09. The Morgan fingerprint density at radius 1 is 1.46 bits per heavy atom. The fraction of sp³-hybridized carbons (Fsp3) is 0.300. The van der Waals surface area contributed by atoms with Gasteiger partial charge in [0, 0.05) is 0 Å². The van der Waals surface area contributed by atoms with Crippen LogP contribution in [0.3, 0.4) is 0 Å². The van der Waals surface area contributed by atoms with E-state index < -0.39 is 0 Å². The lowest BCUT2D eigenvalue weighted by Crippen LogP contribution is -2.31. The first kappa shape index (κ1) is 9.99. The van der Waals surface area contributed by atoms with Gasteiger partial charge >= 0.3 is 0 Å². The lowest BCUT2D eigenvalue weighted by atomic mass is 10.0. The summed E-state index contributed by atoms with van der Waals surface area (Å²) in [5.41, 5.74) is 7.88. The van der Waals surface area contributed by atoms with Crippen LogP contribution < -0.4 is 11.1 Å². The number of thiocarbonyl (C=S) groups is 1. The lowest BCUT2D eigenvalue weighted by Gasteiger charge is -2.15. The maximum absolute atomic E-state index is 5.40. The van der Waals surface area contributed by atoms with E-state index in [9.17, 15) is 0 Å². The molecule has 0 aliphatic rings. The van der Waals surface area contributed by atoms with Crippen LogP contribution in [0.2, 0.25) is 0 Å². The SMILES string of the molecule is Cc1ccccc1C(C)NC(N)=S. The van der Waals surface area contributed by atoms with Gasteiger partial charge in [0.1, 0.15) is 0 Å². The molecular weight excluding hydrogens is 180 g/mol. The van der Waals surface area contributed by atoms with Crippen molar-refractivity contribution in [3.05, 3.63) is 35.4 Å². The van der Waals surface area contributed by atoms with E-state index in [1.165, 1.54) is 11.1 Å². The van der Waals surface area contributed by atoms with Gasteiger partial charge in [0.05, 0.1) is 6.04 Å². The summed E-state index contributed by atoms with van der Waals surface area (Å²) in [6.07, 6.45) is 0. The summed E-state index contributed by atoms with van der Waals surface area (Å²) >= 11 is 4.78. The molecule has 0 spiro atoms. The van der Waals surface area contributed by atoms with Crippen LogP contribution >= 0.6 is 12.2 Å². The number of benzene rings is 1. The van der Waals surface area contributed by atoms with Crippen LogP contribution in [0.25, 0.3) is 0 Å². The van der Waals surface area contributed by atoms with E-state index in [4.69, 9.17) is 18.0 Å². The number of hydrogen-bond donors (Lipinski definition) is 2. The minimum absolute atomic E-state index is 0.179. The summed E-state index contributed by atoms with van der Waals surface area (Å²) in [5.74, 6) is 0. The molecule has 0 aromatic heterocycles. The molecule has 0 fully saturated rings. The highest BCUT2D eigenvalue weighted by Crippen LogP contribution is 2.15. The maximum atomic E-state index is 5.40. The second-order valence-corrected chi connectivity index (χ2v) is 3.53. The van der Waals surface area contributed by atoms with E-state index in [0.717, 1.165) is 0 Å². The molecule has 3 heteroatoms. The fourth-order valence-electron chi connectivity index (χ4n) is 1.36. The monoisotopic (exact) mass is 194 g/mol. The van der Waals surface area contributed by atoms with Crippen molar-refractivity contribution in [3.8, 4) is 0 Å². The quantitative estimate of drug-likeness (QED) is 0.706. The van der Waals surface area contributed by atoms with Gasteiger partial charge in [-0.15, -0.1) is 0 Å². The molecule has 2 nitrogen and oxygen atoms in total. The van der Waals surface area contributed by atoms with Gasteiger partial charge in [-0.1, -0.05) is 24.3 Å². The molecule has 3 N–H and O–H groups in total. The van der Waals surface area contributed by atoms with E-state index in [1.807, 2.05) is 19.1 Å². The summed E-state index contributed by atoms with van der Waals surface area (Å²) in [6.45, 7) is 4.12. The first-order valence-corrected chi connectivity index (χ1v) is 4.63. The second kappa shape index (κ2) is 4.23. The topological polar surface area (TPSA) is 38.0 Å². The molecule has 0 amide bonds. The van der Waals surface area contributed by atoms with Crippen molar-refractivity contribution in [2.45, 2.75) is 19.9 Å². The van der Waals surface area contributed by atoms with Gasteiger partial charge < -0.3 is 11.1 Å². The van der Waals surface area contributed by atoms with Gasteiger partial charge in [-0.25, -0.2) is 0 Å². The highest BCUT2D eigenvalue weighted by Gasteiger charge is 2.06. The van der Waals surface area contributed by atoms with Gasteiger partial charge in [0.25, 0.3) is 0 Å². The number of hydrogen-bond acceptors (Lipinski definition) is 1. The van der Waals surface area contributed by atoms with Crippen LogP contribution in [0.5, 0.6) is 0 Å². The van der Waals surface area contributed by atoms with Crippen molar-refractivity contribution in [2.24, 2.45) is 5.73 Å². The zero-order chi connectivity index (χ0) is 9.84. The molecule has 0 radical (unpaired) electrons.